The molecule has 0 aliphatic heterocycles. The number of halogens is 1. The molecule has 1 aromatic rings. The molecule has 4 N–H and O–H groups in total. The molecule has 0 spiro atoms. The Morgan fingerprint density at radius 1 is 1.43 bits per heavy atom. The van der Waals surface area contributed by atoms with Crippen LogP contribution in [0.1, 0.15) is 0 Å². The lowest BCUT2D eigenvalue weighted by Gasteiger charge is -2.05. The molecule has 0 unspecified atom stereocenters. The zero-order chi connectivity index (χ0) is 10.4. The average Bonchev–Trinajstić information content (AvgIpc) is 2.15. The zero-order valence-corrected chi connectivity index (χ0v) is 8.08. The van der Waals surface area contributed by atoms with Gasteiger partial charge in [-0.25, -0.2) is 14.8 Å². The number of anilines is 1. The van der Waals surface area contributed by atoms with Crippen LogP contribution in [0.15, 0.2) is 12.4 Å². The maximum atomic E-state index is 10.3. The molecule has 0 aliphatic rings. The molecule has 7 heteroatoms. The van der Waals surface area contributed by atoms with Crippen molar-refractivity contribution in [1.29, 1.82) is 0 Å². The van der Waals surface area contributed by atoms with E-state index < -0.39 is 6.03 Å². The van der Waals surface area contributed by atoms with Crippen LogP contribution in [-0.4, -0.2) is 29.1 Å². The Kier molecular flexibility index (Phi) is 3.93. The summed E-state index contributed by atoms with van der Waals surface area (Å²) in [5.74, 6) is 0.487. The summed E-state index contributed by atoms with van der Waals surface area (Å²) in [4.78, 5) is 18.1. The van der Waals surface area contributed by atoms with Crippen LogP contribution < -0.4 is 16.4 Å². The van der Waals surface area contributed by atoms with E-state index in [9.17, 15) is 4.79 Å². The van der Waals surface area contributed by atoms with Crippen molar-refractivity contribution in [3.05, 3.63) is 17.5 Å². The number of carbonyl (C=O) groups excluding carboxylic acids is 1. The lowest BCUT2D eigenvalue weighted by atomic mass is 10.5. The van der Waals surface area contributed by atoms with Gasteiger partial charge in [0.2, 0.25) is 0 Å². The van der Waals surface area contributed by atoms with Gasteiger partial charge in [-0.3, -0.25) is 0 Å². The number of carbonyl (C=O) groups is 1. The Balaban J connectivity index is 2.31. The van der Waals surface area contributed by atoms with Crippen LogP contribution in [0.3, 0.4) is 0 Å². The highest BCUT2D eigenvalue weighted by Crippen LogP contribution is 2.12. The van der Waals surface area contributed by atoms with Crippen LogP contribution in [0.5, 0.6) is 0 Å². The van der Waals surface area contributed by atoms with E-state index in [1.807, 2.05) is 0 Å². The molecule has 0 bridgehead atoms. The first-order chi connectivity index (χ1) is 6.70. The summed E-state index contributed by atoms with van der Waals surface area (Å²) < 4.78 is 0. The summed E-state index contributed by atoms with van der Waals surface area (Å²) in [5, 5.41) is 5.61. The summed E-state index contributed by atoms with van der Waals surface area (Å²) in [6, 6.07) is -0.558. The van der Waals surface area contributed by atoms with Gasteiger partial charge in [0.15, 0.2) is 11.0 Å². The van der Waals surface area contributed by atoms with Gasteiger partial charge in [0.1, 0.15) is 0 Å². The highest BCUT2D eigenvalue weighted by atomic mass is 35.5. The van der Waals surface area contributed by atoms with Crippen molar-refractivity contribution in [2.75, 3.05) is 18.4 Å². The molecule has 1 heterocycles. The van der Waals surface area contributed by atoms with Gasteiger partial charge in [-0.2, -0.15) is 0 Å². The van der Waals surface area contributed by atoms with Crippen molar-refractivity contribution in [3.8, 4) is 0 Å². The highest BCUT2D eigenvalue weighted by molar-refractivity contribution is 6.31. The molecule has 0 aliphatic carbocycles. The minimum absolute atomic E-state index is 0.298. The lowest BCUT2D eigenvalue weighted by Crippen LogP contribution is -2.33. The Hall–Kier alpha value is -1.56. The van der Waals surface area contributed by atoms with Crippen molar-refractivity contribution < 1.29 is 4.79 Å². The first-order valence-corrected chi connectivity index (χ1v) is 4.31. The van der Waals surface area contributed by atoms with Crippen molar-refractivity contribution >= 4 is 23.4 Å². The smallest absolute Gasteiger partial charge is 0.312 e. The molecule has 0 atom stereocenters. The molecule has 0 fully saturated rings. The molecule has 1 rings (SSSR count). The second kappa shape index (κ2) is 5.23. The van der Waals surface area contributed by atoms with Crippen LogP contribution in [0.2, 0.25) is 5.15 Å². The van der Waals surface area contributed by atoms with Gasteiger partial charge in [0.05, 0.1) is 0 Å². The van der Waals surface area contributed by atoms with Gasteiger partial charge >= 0.3 is 6.03 Å². The van der Waals surface area contributed by atoms with Crippen LogP contribution >= 0.6 is 11.6 Å². The molecule has 1 aromatic heterocycles. The summed E-state index contributed by atoms with van der Waals surface area (Å²) in [6.07, 6.45) is 3.02. The summed E-state index contributed by atoms with van der Waals surface area (Å²) >= 11 is 5.72. The van der Waals surface area contributed by atoms with Gasteiger partial charge in [0, 0.05) is 25.5 Å². The lowest BCUT2D eigenvalue weighted by molar-refractivity contribution is 0.249. The van der Waals surface area contributed by atoms with Gasteiger partial charge in [-0.05, 0) is 0 Å². The molecular weight excluding hydrogens is 206 g/mol. The van der Waals surface area contributed by atoms with Crippen molar-refractivity contribution in [1.82, 2.24) is 15.3 Å². The standard InChI is InChI=1S/C7H10ClN5O/c8-5-6(11-2-1-10-5)12-3-4-13-7(9)14/h1-2H,3-4H2,(H,11,12)(H3,9,13,14). The quantitative estimate of drug-likeness (QED) is 0.626. The van der Waals surface area contributed by atoms with E-state index in [4.69, 9.17) is 17.3 Å². The summed E-state index contributed by atoms with van der Waals surface area (Å²) in [7, 11) is 0. The third-order valence-electron chi connectivity index (χ3n) is 1.37. The van der Waals surface area contributed by atoms with Crippen molar-refractivity contribution in [2.45, 2.75) is 0 Å². The monoisotopic (exact) mass is 215 g/mol. The highest BCUT2D eigenvalue weighted by Gasteiger charge is 1.99. The fraction of sp³-hybridized carbons (Fsp3) is 0.286. The van der Waals surface area contributed by atoms with Gasteiger partial charge < -0.3 is 16.4 Å². The number of nitrogens with zero attached hydrogens (tertiary/aromatic N) is 2. The van der Waals surface area contributed by atoms with E-state index in [1.165, 1.54) is 12.4 Å². The third kappa shape index (κ3) is 3.44. The minimum Gasteiger partial charge on any atom is -0.366 e. The average molecular weight is 216 g/mol. The first kappa shape index (κ1) is 10.5. The second-order valence-corrected chi connectivity index (χ2v) is 2.77. The molecular formula is C7H10ClN5O. The van der Waals surface area contributed by atoms with Gasteiger partial charge in [-0.1, -0.05) is 11.6 Å². The topological polar surface area (TPSA) is 92.9 Å². The molecule has 2 amide bonds. The number of hydrogen-bond donors (Lipinski definition) is 3. The number of aromatic nitrogens is 2. The van der Waals surface area contributed by atoms with Crippen LogP contribution in [0, 0.1) is 0 Å². The third-order valence-corrected chi connectivity index (χ3v) is 1.65. The molecule has 0 aromatic carbocycles. The maximum absolute atomic E-state index is 10.3. The Morgan fingerprint density at radius 3 is 2.79 bits per heavy atom. The number of urea groups is 1. The van der Waals surface area contributed by atoms with Crippen molar-refractivity contribution in [2.24, 2.45) is 5.73 Å². The van der Waals surface area contributed by atoms with Crippen molar-refractivity contribution in [3.63, 3.8) is 0 Å². The first-order valence-electron chi connectivity index (χ1n) is 3.94. The van der Waals surface area contributed by atoms with Crippen LogP contribution in [0.25, 0.3) is 0 Å². The predicted octanol–water partition coefficient (Wildman–Crippen LogP) is 0.210. The Morgan fingerprint density at radius 2 is 2.14 bits per heavy atom. The van der Waals surface area contributed by atoms with E-state index in [0.717, 1.165) is 0 Å². The van der Waals surface area contributed by atoms with Gasteiger partial charge in [-0.15, -0.1) is 0 Å². The number of hydrogen-bond acceptors (Lipinski definition) is 4. The fourth-order valence-electron chi connectivity index (χ4n) is 0.806. The van der Waals surface area contributed by atoms with E-state index >= 15 is 0 Å². The number of amides is 2. The van der Waals surface area contributed by atoms with Gasteiger partial charge in [0.25, 0.3) is 0 Å². The summed E-state index contributed by atoms with van der Waals surface area (Å²) in [6.45, 7) is 0.892. The largest absolute Gasteiger partial charge is 0.366 e. The normalized spacial score (nSPS) is 9.50. The molecule has 14 heavy (non-hydrogen) atoms. The molecule has 0 saturated carbocycles. The van der Waals surface area contributed by atoms with E-state index in [-0.39, 0.29) is 0 Å². The number of rotatable bonds is 4. The second-order valence-electron chi connectivity index (χ2n) is 2.41. The number of primary amides is 1. The summed E-state index contributed by atoms with van der Waals surface area (Å²) in [5.41, 5.74) is 4.87. The van der Waals surface area contributed by atoms with E-state index in [1.54, 1.807) is 0 Å². The Bertz CT molecular complexity index is 319. The fourth-order valence-corrected chi connectivity index (χ4v) is 0.978. The van der Waals surface area contributed by atoms with E-state index in [0.29, 0.717) is 24.1 Å². The van der Waals surface area contributed by atoms with Crippen LogP contribution in [-0.2, 0) is 0 Å². The van der Waals surface area contributed by atoms with Crippen LogP contribution in [0.4, 0.5) is 10.6 Å². The molecule has 76 valence electrons. The maximum Gasteiger partial charge on any atom is 0.312 e. The predicted molar refractivity (Wildman–Crippen MR) is 53.1 cm³/mol. The molecule has 6 nitrogen and oxygen atoms in total. The number of nitrogens with two attached hydrogens (primary N) is 1. The SMILES string of the molecule is NC(=O)NCCNc1nccnc1Cl. The van der Waals surface area contributed by atoms with E-state index in [2.05, 4.69) is 20.6 Å². The Labute approximate surface area is 85.9 Å². The molecule has 0 saturated heterocycles. The number of nitrogens with one attached hydrogen (secondary N) is 2. The molecule has 0 radical (unpaired) electrons. The zero-order valence-electron chi connectivity index (χ0n) is 7.33. The minimum atomic E-state index is -0.558.